The molecule has 4 heteroatoms. The Labute approximate surface area is 102 Å². The van der Waals surface area contributed by atoms with Crippen LogP contribution in [0.25, 0.3) is 0 Å². The van der Waals surface area contributed by atoms with Gasteiger partial charge < -0.3 is 9.80 Å². The molecule has 4 nitrogen and oxygen atoms in total. The highest BCUT2D eigenvalue weighted by molar-refractivity contribution is 5.98. The summed E-state index contributed by atoms with van der Waals surface area (Å²) in [5, 5.41) is 0. The molecule has 94 valence electrons. The van der Waals surface area contributed by atoms with Gasteiger partial charge in [-0.3, -0.25) is 9.59 Å². The van der Waals surface area contributed by atoms with E-state index < -0.39 is 5.54 Å². The number of rotatable bonds is 2. The lowest BCUT2D eigenvalue weighted by molar-refractivity contribution is -0.160. The quantitative estimate of drug-likeness (QED) is 0.675. The maximum atomic E-state index is 12.4. The molecule has 0 aromatic rings. The molecule has 0 N–H and O–H groups in total. The van der Waals surface area contributed by atoms with Crippen LogP contribution in [0.3, 0.4) is 0 Å². The van der Waals surface area contributed by atoms with E-state index in [1.807, 2.05) is 13.8 Å². The Hall–Kier alpha value is -1.32. The van der Waals surface area contributed by atoms with Crippen LogP contribution >= 0.6 is 0 Å². The second-order valence-electron chi connectivity index (χ2n) is 5.33. The number of likely N-dealkylation sites (N-methyl/N-ethyl adjacent to an activating group) is 1. The van der Waals surface area contributed by atoms with E-state index in [4.69, 9.17) is 0 Å². The fourth-order valence-electron chi connectivity index (χ4n) is 2.85. The predicted octanol–water partition coefficient (Wildman–Crippen LogP) is 1.18. The molecule has 0 unspecified atom stereocenters. The van der Waals surface area contributed by atoms with Crippen molar-refractivity contribution in [3.8, 4) is 0 Å². The zero-order chi connectivity index (χ0) is 12.6. The minimum Gasteiger partial charge on any atom is -0.334 e. The predicted molar refractivity (Wildman–Crippen MR) is 65.4 cm³/mol. The molecule has 0 radical (unpaired) electrons. The Bertz CT molecular complexity index is 385. The minimum absolute atomic E-state index is 0.0896. The average molecular weight is 236 g/mol. The molecule has 2 saturated heterocycles. The van der Waals surface area contributed by atoms with Gasteiger partial charge in [-0.2, -0.15) is 0 Å². The zero-order valence-corrected chi connectivity index (χ0v) is 10.8. The molecule has 2 fully saturated rings. The molecule has 2 rings (SSSR count). The topological polar surface area (TPSA) is 40.6 Å². The number of amides is 2. The van der Waals surface area contributed by atoms with Crippen molar-refractivity contribution in [2.45, 2.75) is 38.6 Å². The SMILES string of the molecule is CC(C)=CC[C@@]12CCCN1C(=O)CN(C)C2=O. The maximum absolute atomic E-state index is 12.4. The van der Waals surface area contributed by atoms with E-state index in [1.165, 1.54) is 5.57 Å². The van der Waals surface area contributed by atoms with Gasteiger partial charge in [0, 0.05) is 13.6 Å². The molecule has 1 atom stereocenters. The minimum atomic E-state index is -0.582. The number of carbonyl (C=O) groups is 2. The molecule has 0 aliphatic carbocycles. The van der Waals surface area contributed by atoms with Crippen molar-refractivity contribution in [3.63, 3.8) is 0 Å². The number of fused-ring (bicyclic) bond motifs is 1. The Balaban J connectivity index is 2.34. The lowest BCUT2D eigenvalue weighted by Crippen LogP contribution is -2.64. The van der Waals surface area contributed by atoms with E-state index in [9.17, 15) is 9.59 Å². The van der Waals surface area contributed by atoms with Gasteiger partial charge in [0.1, 0.15) is 5.54 Å². The summed E-state index contributed by atoms with van der Waals surface area (Å²) >= 11 is 0. The lowest BCUT2D eigenvalue weighted by Gasteiger charge is -2.44. The van der Waals surface area contributed by atoms with Crippen molar-refractivity contribution in [1.29, 1.82) is 0 Å². The first kappa shape index (κ1) is 12.1. The number of carbonyl (C=O) groups excluding carboxylic acids is 2. The van der Waals surface area contributed by atoms with Gasteiger partial charge in [-0.25, -0.2) is 0 Å². The van der Waals surface area contributed by atoms with E-state index in [2.05, 4.69) is 6.08 Å². The third-order valence-corrected chi connectivity index (χ3v) is 3.76. The van der Waals surface area contributed by atoms with Gasteiger partial charge in [0.2, 0.25) is 11.8 Å². The maximum Gasteiger partial charge on any atom is 0.249 e. The summed E-state index contributed by atoms with van der Waals surface area (Å²) in [6, 6.07) is 0. The van der Waals surface area contributed by atoms with Gasteiger partial charge >= 0.3 is 0 Å². The smallest absolute Gasteiger partial charge is 0.249 e. The van der Waals surface area contributed by atoms with Crippen LogP contribution in [0.4, 0.5) is 0 Å². The third kappa shape index (κ3) is 1.85. The van der Waals surface area contributed by atoms with Gasteiger partial charge in [0.05, 0.1) is 6.54 Å². The Morgan fingerprint density at radius 3 is 2.76 bits per heavy atom. The summed E-state index contributed by atoms with van der Waals surface area (Å²) in [5.74, 6) is 0.193. The second-order valence-corrected chi connectivity index (χ2v) is 5.33. The summed E-state index contributed by atoms with van der Waals surface area (Å²) in [6.45, 7) is 5.01. The lowest BCUT2D eigenvalue weighted by atomic mass is 9.87. The van der Waals surface area contributed by atoms with Crippen molar-refractivity contribution in [1.82, 2.24) is 9.80 Å². The van der Waals surface area contributed by atoms with E-state index >= 15 is 0 Å². The van der Waals surface area contributed by atoms with E-state index in [0.29, 0.717) is 6.42 Å². The standard InChI is InChI=1S/C13H20N2O2/c1-10(2)5-7-13-6-4-8-15(13)11(16)9-14(3)12(13)17/h5H,4,6-9H2,1-3H3/t13-/m1/s1. The summed E-state index contributed by atoms with van der Waals surface area (Å²) in [5.41, 5.74) is 0.612. The first-order valence-electron chi connectivity index (χ1n) is 6.17. The Morgan fingerprint density at radius 2 is 2.12 bits per heavy atom. The van der Waals surface area contributed by atoms with Crippen molar-refractivity contribution in [3.05, 3.63) is 11.6 Å². The highest BCUT2D eigenvalue weighted by Gasteiger charge is 2.53. The normalized spacial score (nSPS) is 28.4. The van der Waals surface area contributed by atoms with Crippen LogP contribution in [-0.2, 0) is 9.59 Å². The van der Waals surface area contributed by atoms with E-state index in [-0.39, 0.29) is 18.4 Å². The number of hydrogen-bond acceptors (Lipinski definition) is 2. The van der Waals surface area contributed by atoms with Gasteiger partial charge in [0.15, 0.2) is 0 Å². The van der Waals surface area contributed by atoms with Gasteiger partial charge in [-0.05, 0) is 33.1 Å². The molecular weight excluding hydrogens is 216 g/mol. The molecule has 0 spiro atoms. The molecule has 2 aliphatic heterocycles. The molecule has 0 bridgehead atoms. The van der Waals surface area contributed by atoms with Crippen LogP contribution in [0.1, 0.15) is 33.1 Å². The van der Waals surface area contributed by atoms with Crippen LogP contribution < -0.4 is 0 Å². The summed E-state index contributed by atoms with van der Waals surface area (Å²) in [6.07, 6.45) is 4.46. The zero-order valence-electron chi connectivity index (χ0n) is 10.8. The molecular formula is C13H20N2O2. The molecule has 0 saturated carbocycles. The van der Waals surface area contributed by atoms with Gasteiger partial charge in [-0.1, -0.05) is 11.6 Å². The fourth-order valence-corrected chi connectivity index (χ4v) is 2.85. The molecule has 2 amide bonds. The molecule has 0 aromatic heterocycles. The van der Waals surface area contributed by atoms with Crippen LogP contribution in [0.2, 0.25) is 0 Å². The van der Waals surface area contributed by atoms with Crippen LogP contribution in [-0.4, -0.2) is 47.3 Å². The number of nitrogens with zero attached hydrogens (tertiary/aromatic N) is 2. The molecule has 17 heavy (non-hydrogen) atoms. The van der Waals surface area contributed by atoms with E-state index in [0.717, 1.165) is 19.4 Å². The monoisotopic (exact) mass is 236 g/mol. The molecule has 0 aromatic carbocycles. The van der Waals surface area contributed by atoms with Gasteiger partial charge in [0.25, 0.3) is 0 Å². The first-order chi connectivity index (χ1) is 7.97. The first-order valence-corrected chi connectivity index (χ1v) is 6.17. The summed E-state index contributed by atoms with van der Waals surface area (Å²) in [4.78, 5) is 27.8. The van der Waals surface area contributed by atoms with Crippen molar-refractivity contribution in [2.75, 3.05) is 20.1 Å². The largest absolute Gasteiger partial charge is 0.334 e. The fraction of sp³-hybridized carbons (Fsp3) is 0.692. The Kier molecular flexibility index (Phi) is 2.98. The average Bonchev–Trinajstić information content (AvgIpc) is 2.69. The van der Waals surface area contributed by atoms with Crippen molar-refractivity contribution < 1.29 is 9.59 Å². The summed E-state index contributed by atoms with van der Waals surface area (Å²) < 4.78 is 0. The summed E-state index contributed by atoms with van der Waals surface area (Å²) in [7, 11) is 1.72. The van der Waals surface area contributed by atoms with Crippen LogP contribution in [0, 0.1) is 0 Å². The third-order valence-electron chi connectivity index (χ3n) is 3.76. The highest BCUT2D eigenvalue weighted by Crippen LogP contribution is 2.37. The number of piperazine rings is 1. The molecule has 2 heterocycles. The number of allylic oxidation sites excluding steroid dienone is 1. The van der Waals surface area contributed by atoms with Crippen molar-refractivity contribution in [2.24, 2.45) is 0 Å². The Morgan fingerprint density at radius 1 is 1.41 bits per heavy atom. The second kappa shape index (κ2) is 4.17. The highest BCUT2D eigenvalue weighted by atomic mass is 16.2. The van der Waals surface area contributed by atoms with E-state index in [1.54, 1.807) is 16.8 Å². The molecule has 2 aliphatic rings. The van der Waals surface area contributed by atoms with Gasteiger partial charge in [-0.15, -0.1) is 0 Å². The van der Waals surface area contributed by atoms with Crippen molar-refractivity contribution >= 4 is 11.8 Å². The van der Waals surface area contributed by atoms with Crippen LogP contribution in [0.15, 0.2) is 11.6 Å². The number of hydrogen-bond donors (Lipinski definition) is 0. The van der Waals surface area contributed by atoms with Crippen LogP contribution in [0.5, 0.6) is 0 Å².